The molecule has 0 saturated carbocycles. The molecule has 24 heavy (non-hydrogen) atoms. The lowest BCUT2D eigenvalue weighted by Crippen LogP contribution is -2.41. The van der Waals surface area contributed by atoms with E-state index in [0.29, 0.717) is 12.0 Å². The second-order valence-electron chi connectivity index (χ2n) is 7.03. The average Bonchev–Trinajstić information content (AvgIpc) is 3.32. The molecule has 5 nitrogen and oxygen atoms in total. The second-order valence-corrected chi connectivity index (χ2v) is 7.03. The zero-order valence-electron chi connectivity index (χ0n) is 14.3. The van der Waals surface area contributed by atoms with E-state index < -0.39 is 0 Å². The van der Waals surface area contributed by atoms with Crippen molar-refractivity contribution in [3.63, 3.8) is 0 Å². The number of likely N-dealkylation sites (tertiary alicyclic amines) is 1. The Bertz CT molecular complexity index is 697. The fourth-order valence-corrected chi connectivity index (χ4v) is 3.89. The summed E-state index contributed by atoms with van der Waals surface area (Å²) >= 11 is 0. The van der Waals surface area contributed by atoms with E-state index >= 15 is 0 Å². The number of nitrogens with zero attached hydrogens (tertiary/aromatic N) is 2. The zero-order valence-corrected chi connectivity index (χ0v) is 14.3. The standard InChI is InChI=1S/C19H26N4O/c1-2-20-18(23-9-7-19(13-23)8-10-24-14-19)21-12-16-11-15-5-3-4-6-17(15)22-16/h3-6,11,22H,2,7-10,12-14H2,1H3,(H,20,21). The summed E-state index contributed by atoms with van der Waals surface area (Å²) in [7, 11) is 0. The van der Waals surface area contributed by atoms with Gasteiger partial charge in [-0.3, -0.25) is 0 Å². The van der Waals surface area contributed by atoms with Gasteiger partial charge in [0.05, 0.1) is 13.2 Å². The third kappa shape index (κ3) is 3.00. The summed E-state index contributed by atoms with van der Waals surface area (Å²) in [5.41, 5.74) is 2.69. The minimum atomic E-state index is 0.358. The van der Waals surface area contributed by atoms with Crippen molar-refractivity contribution in [1.82, 2.24) is 15.2 Å². The Kier molecular flexibility index (Phi) is 4.19. The highest BCUT2D eigenvalue weighted by Crippen LogP contribution is 2.38. The van der Waals surface area contributed by atoms with Gasteiger partial charge >= 0.3 is 0 Å². The Balaban J connectivity index is 1.49. The lowest BCUT2D eigenvalue weighted by atomic mass is 9.87. The highest BCUT2D eigenvalue weighted by atomic mass is 16.5. The van der Waals surface area contributed by atoms with Gasteiger partial charge in [-0.15, -0.1) is 0 Å². The van der Waals surface area contributed by atoms with Crippen molar-refractivity contribution in [3.05, 3.63) is 36.0 Å². The SMILES string of the molecule is CCNC(=NCc1cc2ccccc2[nH]1)N1CCC2(CCOC2)C1. The molecule has 0 aliphatic carbocycles. The van der Waals surface area contributed by atoms with Crippen molar-refractivity contribution in [1.29, 1.82) is 0 Å². The highest BCUT2D eigenvalue weighted by Gasteiger charge is 2.42. The molecule has 2 N–H and O–H groups in total. The maximum Gasteiger partial charge on any atom is 0.194 e. The van der Waals surface area contributed by atoms with Crippen molar-refractivity contribution < 1.29 is 4.74 Å². The number of aromatic nitrogens is 1. The summed E-state index contributed by atoms with van der Waals surface area (Å²) in [6.45, 7) is 7.65. The molecule has 1 aromatic carbocycles. The van der Waals surface area contributed by atoms with E-state index in [0.717, 1.165) is 44.5 Å². The number of nitrogens with one attached hydrogen (secondary N) is 2. The lowest BCUT2D eigenvalue weighted by Gasteiger charge is -2.24. The summed E-state index contributed by atoms with van der Waals surface area (Å²) in [5.74, 6) is 1.03. The van der Waals surface area contributed by atoms with Gasteiger partial charge < -0.3 is 19.9 Å². The van der Waals surface area contributed by atoms with Crippen LogP contribution in [0.2, 0.25) is 0 Å². The smallest absolute Gasteiger partial charge is 0.194 e. The van der Waals surface area contributed by atoms with E-state index in [2.05, 4.69) is 52.5 Å². The van der Waals surface area contributed by atoms with Crippen molar-refractivity contribution in [3.8, 4) is 0 Å². The van der Waals surface area contributed by atoms with Crippen LogP contribution in [0.15, 0.2) is 35.3 Å². The van der Waals surface area contributed by atoms with Gasteiger partial charge in [0, 0.05) is 42.9 Å². The first-order valence-electron chi connectivity index (χ1n) is 8.96. The molecule has 5 heteroatoms. The Morgan fingerprint density at radius 2 is 2.29 bits per heavy atom. The molecule has 0 bridgehead atoms. The number of fused-ring (bicyclic) bond motifs is 1. The van der Waals surface area contributed by atoms with E-state index in [1.165, 1.54) is 23.7 Å². The van der Waals surface area contributed by atoms with Crippen LogP contribution in [0.3, 0.4) is 0 Å². The Morgan fingerprint density at radius 1 is 1.38 bits per heavy atom. The molecular formula is C19H26N4O. The van der Waals surface area contributed by atoms with E-state index in [4.69, 9.17) is 9.73 Å². The molecule has 0 amide bonds. The molecule has 2 aliphatic rings. The van der Waals surface area contributed by atoms with Crippen LogP contribution in [0.4, 0.5) is 0 Å². The molecule has 1 aromatic heterocycles. The Hall–Kier alpha value is -2.01. The van der Waals surface area contributed by atoms with Crippen LogP contribution in [0.1, 0.15) is 25.5 Å². The number of rotatable bonds is 3. The van der Waals surface area contributed by atoms with Gasteiger partial charge in [-0.05, 0) is 37.3 Å². The molecule has 2 aliphatic heterocycles. The topological polar surface area (TPSA) is 52.7 Å². The van der Waals surface area contributed by atoms with Gasteiger partial charge in [0.15, 0.2) is 5.96 Å². The third-order valence-corrected chi connectivity index (χ3v) is 5.24. The molecule has 128 valence electrons. The van der Waals surface area contributed by atoms with Gasteiger partial charge in [0.2, 0.25) is 0 Å². The molecule has 1 unspecified atom stereocenters. The number of hydrogen-bond acceptors (Lipinski definition) is 2. The van der Waals surface area contributed by atoms with E-state index in [1.54, 1.807) is 0 Å². The zero-order chi connectivity index (χ0) is 16.4. The molecule has 4 rings (SSSR count). The summed E-state index contributed by atoms with van der Waals surface area (Å²) in [6.07, 6.45) is 2.40. The molecule has 3 heterocycles. The number of benzene rings is 1. The fourth-order valence-electron chi connectivity index (χ4n) is 3.89. The first-order chi connectivity index (χ1) is 11.8. The van der Waals surface area contributed by atoms with Crippen LogP contribution < -0.4 is 5.32 Å². The summed E-state index contributed by atoms with van der Waals surface area (Å²) < 4.78 is 5.64. The molecule has 2 fully saturated rings. The number of ether oxygens (including phenoxy) is 1. The predicted molar refractivity (Wildman–Crippen MR) is 97.2 cm³/mol. The molecule has 2 aromatic rings. The second kappa shape index (κ2) is 6.48. The number of aromatic amines is 1. The molecule has 0 radical (unpaired) electrons. The summed E-state index contributed by atoms with van der Waals surface area (Å²) in [4.78, 5) is 10.7. The maximum absolute atomic E-state index is 5.64. The van der Waals surface area contributed by atoms with Crippen LogP contribution in [0.25, 0.3) is 10.9 Å². The molecule has 2 saturated heterocycles. The Labute approximate surface area is 143 Å². The minimum absolute atomic E-state index is 0.358. The van der Waals surface area contributed by atoms with Crippen LogP contribution in [0.5, 0.6) is 0 Å². The van der Waals surface area contributed by atoms with Crippen LogP contribution in [-0.2, 0) is 11.3 Å². The van der Waals surface area contributed by atoms with Gasteiger partial charge in [-0.25, -0.2) is 4.99 Å². The van der Waals surface area contributed by atoms with Crippen molar-refractivity contribution in [2.75, 3.05) is 32.8 Å². The van der Waals surface area contributed by atoms with Crippen LogP contribution >= 0.6 is 0 Å². The van der Waals surface area contributed by atoms with Gasteiger partial charge in [-0.1, -0.05) is 18.2 Å². The van der Waals surface area contributed by atoms with E-state index in [9.17, 15) is 0 Å². The van der Waals surface area contributed by atoms with Crippen LogP contribution in [-0.4, -0.2) is 48.7 Å². The van der Waals surface area contributed by atoms with Gasteiger partial charge in [0.25, 0.3) is 0 Å². The number of hydrogen-bond donors (Lipinski definition) is 2. The van der Waals surface area contributed by atoms with E-state index in [1.807, 2.05) is 0 Å². The van der Waals surface area contributed by atoms with Gasteiger partial charge in [-0.2, -0.15) is 0 Å². The van der Waals surface area contributed by atoms with Crippen LogP contribution in [0, 0.1) is 5.41 Å². The quantitative estimate of drug-likeness (QED) is 0.673. The maximum atomic E-state index is 5.64. The molecular weight excluding hydrogens is 300 g/mol. The average molecular weight is 326 g/mol. The summed E-state index contributed by atoms with van der Waals surface area (Å²) in [5, 5.41) is 4.70. The number of H-pyrrole nitrogens is 1. The largest absolute Gasteiger partial charge is 0.381 e. The van der Waals surface area contributed by atoms with E-state index in [-0.39, 0.29) is 0 Å². The first kappa shape index (κ1) is 15.5. The third-order valence-electron chi connectivity index (χ3n) is 5.24. The minimum Gasteiger partial charge on any atom is -0.381 e. The number of guanidine groups is 1. The fraction of sp³-hybridized carbons (Fsp3) is 0.526. The number of aliphatic imine (C=N–C) groups is 1. The highest BCUT2D eigenvalue weighted by molar-refractivity contribution is 5.81. The first-order valence-corrected chi connectivity index (χ1v) is 8.96. The van der Waals surface area contributed by atoms with Crippen molar-refractivity contribution in [2.24, 2.45) is 10.4 Å². The normalized spacial score (nSPS) is 24.4. The molecule has 1 spiro atoms. The lowest BCUT2D eigenvalue weighted by molar-refractivity contribution is 0.156. The number of para-hydroxylation sites is 1. The Morgan fingerprint density at radius 3 is 3.08 bits per heavy atom. The van der Waals surface area contributed by atoms with Crippen molar-refractivity contribution >= 4 is 16.9 Å². The molecule has 1 atom stereocenters. The predicted octanol–water partition coefficient (Wildman–Crippen LogP) is 2.75. The monoisotopic (exact) mass is 326 g/mol. The van der Waals surface area contributed by atoms with Crippen molar-refractivity contribution in [2.45, 2.75) is 26.3 Å². The van der Waals surface area contributed by atoms with Gasteiger partial charge in [0.1, 0.15) is 0 Å². The summed E-state index contributed by atoms with van der Waals surface area (Å²) in [6, 6.07) is 10.6.